The van der Waals surface area contributed by atoms with E-state index in [9.17, 15) is 22.3 Å². The molecule has 2 unspecified atom stereocenters. The summed E-state index contributed by atoms with van der Waals surface area (Å²) in [5.74, 6) is -0.336. The van der Waals surface area contributed by atoms with E-state index < -0.39 is 22.5 Å². The number of amides is 1. The topological polar surface area (TPSA) is 110 Å². The highest BCUT2D eigenvalue weighted by molar-refractivity contribution is 7.81. The van der Waals surface area contributed by atoms with E-state index in [0.717, 1.165) is 19.7 Å². The van der Waals surface area contributed by atoms with Crippen LogP contribution in [0.2, 0.25) is 0 Å². The van der Waals surface area contributed by atoms with E-state index in [4.69, 9.17) is 0 Å². The van der Waals surface area contributed by atoms with Gasteiger partial charge in [0.25, 0.3) is 28.4 Å². The minimum Gasteiger partial charge on any atom is -0.321 e. The fraction of sp³-hybridized carbons (Fsp3) is 0.0800. The van der Waals surface area contributed by atoms with Gasteiger partial charge in [0.1, 0.15) is 0 Å². The molecule has 0 radical (unpaired) electrons. The van der Waals surface area contributed by atoms with E-state index in [1.165, 1.54) is 23.5 Å². The molecule has 11 heteroatoms. The first-order valence-electron chi connectivity index (χ1n) is 10.7. The van der Waals surface area contributed by atoms with Crippen LogP contribution in [0.3, 0.4) is 0 Å². The fourth-order valence-electron chi connectivity index (χ4n) is 3.52. The maximum Gasteiger partial charge on any atom is 0.266 e. The molecule has 3 N–H and O–H groups in total. The van der Waals surface area contributed by atoms with Crippen LogP contribution in [0.4, 0.5) is 28.4 Å². The number of benzene rings is 3. The quantitative estimate of drug-likeness (QED) is 0.231. The summed E-state index contributed by atoms with van der Waals surface area (Å²) in [4.78, 5) is 13.2. The number of rotatable bonds is 8. The second-order valence-corrected chi connectivity index (χ2v) is 10.5. The number of nitrogens with zero attached hydrogens (tertiary/aromatic N) is 2. The van der Waals surface area contributed by atoms with Crippen molar-refractivity contribution in [1.29, 1.82) is 0 Å². The van der Waals surface area contributed by atoms with Crippen molar-refractivity contribution in [1.82, 2.24) is 0 Å². The van der Waals surface area contributed by atoms with Gasteiger partial charge in [-0.25, -0.2) is 17.0 Å². The third-order valence-corrected chi connectivity index (χ3v) is 7.57. The average molecular weight is 542 g/mol. The van der Waals surface area contributed by atoms with E-state index in [0.29, 0.717) is 21.9 Å². The predicted octanol–water partition coefficient (Wildman–Crippen LogP) is 6.17. The van der Waals surface area contributed by atoms with Crippen LogP contribution >= 0.6 is 11.3 Å². The van der Waals surface area contributed by atoms with E-state index in [1.54, 1.807) is 72.1 Å². The Labute approximate surface area is 218 Å². The minimum absolute atomic E-state index is 0.145. The van der Waals surface area contributed by atoms with Gasteiger partial charge >= 0.3 is 0 Å². The Morgan fingerprint density at radius 2 is 1.31 bits per heavy atom. The van der Waals surface area contributed by atoms with Crippen LogP contribution in [0.1, 0.15) is 20.8 Å². The zero-order valence-corrected chi connectivity index (χ0v) is 21.8. The minimum atomic E-state index is -2.55. The lowest BCUT2D eigenvalue weighted by Crippen LogP contribution is -2.25. The van der Waals surface area contributed by atoms with Crippen LogP contribution in [0.15, 0.2) is 84.2 Å². The van der Waals surface area contributed by atoms with Gasteiger partial charge < -0.3 is 5.32 Å². The molecule has 2 atom stereocenters. The number of thiophene rings is 1. The number of nitrogens with one attached hydrogen (secondary N) is 1. The van der Waals surface area contributed by atoms with Gasteiger partial charge in [0.15, 0.2) is 0 Å². The Kier molecular flexibility index (Phi) is 7.97. The lowest BCUT2D eigenvalue weighted by molar-refractivity contribution is 0.103. The van der Waals surface area contributed by atoms with Gasteiger partial charge in [0.2, 0.25) is 0 Å². The maximum absolute atomic E-state index is 12.7. The summed E-state index contributed by atoms with van der Waals surface area (Å²) in [6, 6.07) is 22.0. The maximum atomic E-state index is 12.7. The standard InChI is InChI=1S/C25H23N3O5S3/c1-17-5-10-20(11-6-17)27(35(30)31)22-14-9-19(26-25(29)24-4-3-15-34-24)16-23(22)28(36(32)33)21-12-7-18(2)8-13-21/h3-16H,1-2H3,(H,26,29)(H,30,31)(H,32,33). The summed E-state index contributed by atoms with van der Waals surface area (Å²) in [5.41, 5.74) is 3.40. The van der Waals surface area contributed by atoms with Gasteiger partial charge in [-0.05, 0) is 67.8 Å². The van der Waals surface area contributed by atoms with Crippen molar-refractivity contribution in [3.63, 3.8) is 0 Å². The Balaban J connectivity index is 1.88. The number of carbonyl (C=O) groups excluding carboxylic acids is 1. The first-order valence-corrected chi connectivity index (χ1v) is 13.7. The molecule has 0 saturated heterocycles. The van der Waals surface area contributed by atoms with Gasteiger partial charge in [-0.2, -0.15) is 0 Å². The molecule has 0 aliphatic heterocycles. The molecule has 186 valence electrons. The van der Waals surface area contributed by atoms with Crippen molar-refractivity contribution in [2.75, 3.05) is 13.9 Å². The molecule has 4 aromatic rings. The highest BCUT2D eigenvalue weighted by Crippen LogP contribution is 2.41. The summed E-state index contributed by atoms with van der Waals surface area (Å²) in [6.07, 6.45) is 0. The van der Waals surface area contributed by atoms with Crippen molar-refractivity contribution in [2.45, 2.75) is 13.8 Å². The van der Waals surface area contributed by atoms with Crippen molar-refractivity contribution >= 4 is 68.2 Å². The van der Waals surface area contributed by atoms with Crippen LogP contribution in [-0.4, -0.2) is 23.4 Å². The van der Waals surface area contributed by atoms with Crippen LogP contribution in [-0.2, 0) is 22.5 Å². The Morgan fingerprint density at radius 3 is 1.78 bits per heavy atom. The normalized spacial score (nSPS) is 12.6. The van der Waals surface area contributed by atoms with Crippen molar-refractivity contribution in [3.8, 4) is 0 Å². The predicted molar refractivity (Wildman–Crippen MR) is 147 cm³/mol. The number of anilines is 5. The smallest absolute Gasteiger partial charge is 0.266 e. The molecule has 1 amide bonds. The first-order chi connectivity index (χ1) is 17.2. The van der Waals surface area contributed by atoms with Crippen molar-refractivity contribution in [3.05, 3.63) is 100 Å². The second kappa shape index (κ2) is 11.1. The monoisotopic (exact) mass is 541 g/mol. The first kappa shape index (κ1) is 25.7. The zero-order valence-electron chi connectivity index (χ0n) is 19.3. The van der Waals surface area contributed by atoms with E-state index in [1.807, 2.05) is 13.8 Å². The molecular formula is C25H23N3O5S3. The van der Waals surface area contributed by atoms with Gasteiger partial charge in [0, 0.05) is 5.69 Å². The molecule has 0 saturated carbocycles. The summed E-state index contributed by atoms with van der Waals surface area (Å²) >= 11 is -3.78. The van der Waals surface area contributed by atoms with Crippen LogP contribution < -0.4 is 13.9 Å². The number of hydrogen-bond acceptors (Lipinski definition) is 4. The molecule has 0 spiro atoms. The van der Waals surface area contributed by atoms with Crippen LogP contribution in [0, 0.1) is 13.8 Å². The highest BCUT2D eigenvalue weighted by atomic mass is 32.2. The summed E-state index contributed by atoms with van der Waals surface area (Å²) in [6.45, 7) is 3.79. The molecular weight excluding hydrogens is 518 g/mol. The Bertz CT molecular complexity index is 1410. The van der Waals surface area contributed by atoms with E-state index in [-0.39, 0.29) is 17.3 Å². The molecule has 0 aliphatic rings. The fourth-order valence-corrected chi connectivity index (χ4v) is 5.38. The summed E-state index contributed by atoms with van der Waals surface area (Å²) < 4.78 is 48.0. The van der Waals surface area contributed by atoms with Crippen LogP contribution in [0.5, 0.6) is 0 Å². The third kappa shape index (κ3) is 5.72. The lowest BCUT2D eigenvalue weighted by Gasteiger charge is -2.28. The molecule has 3 aromatic carbocycles. The summed E-state index contributed by atoms with van der Waals surface area (Å²) in [5, 5.41) is 4.57. The Hall–Kier alpha value is -3.35. The van der Waals surface area contributed by atoms with Crippen molar-refractivity contribution in [2.24, 2.45) is 0 Å². The lowest BCUT2D eigenvalue weighted by atomic mass is 10.1. The third-order valence-electron chi connectivity index (χ3n) is 5.27. The molecule has 0 fully saturated rings. The van der Waals surface area contributed by atoms with Gasteiger partial charge in [0.05, 0.1) is 27.6 Å². The molecule has 1 heterocycles. The molecule has 36 heavy (non-hydrogen) atoms. The van der Waals surface area contributed by atoms with Crippen molar-refractivity contribution < 1.29 is 22.3 Å². The molecule has 4 rings (SSSR count). The highest BCUT2D eigenvalue weighted by Gasteiger charge is 2.26. The molecule has 1 aromatic heterocycles. The molecule has 0 bridgehead atoms. The second-order valence-electron chi connectivity index (χ2n) is 7.86. The van der Waals surface area contributed by atoms with Gasteiger partial charge in [-0.15, -0.1) is 11.3 Å². The number of hydrogen-bond donors (Lipinski definition) is 3. The van der Waals surface area contributed by atoms with Crippen LogP contribution in [0.25, 0.3) is 0 Å². The molecule has 8 nitrogen and oxygen atoms in total. The Morgan fingerprint density at radius 1 is 0.778 bits per heavy atom. The molecule has 0 aliphatic carbocycles. The largest absolute Gasteiger partial charge is 0.321 e. The SMILES string of the molecule is Cc1ccc(N(c2ccc(NC(=O)c3cccs3)cc2N(c2ccc(C)cc2)S(=O)O)S(=O)O)cc1. The van der Waals surface area contributed by atoms with E-state index >= 15 is 0 Å². The number of carbonyl (C=O) groups is 1. The van der Waals surface area contributed by atoms with Gasteiger partial charge in [-0.3, -0.25) is 13.9 Å². The average Bonchev–Trinajstić information content (AvgIpc) is 3.38. The summed E-state index contributed by atoms with van der Waals surface area (Å²) in [7, 11) is 0. The zero-order chi connectivity index (χ0) is 25.8. The van der Waals surface area contributed by atoms with E-state index in [2.05, 4.69) is 5.32 Å². The van der Waals surface area contributed by atoms with Gasteiger partial charge in [-0.1, -0.05) is 41.5 Å². The number of aryl methyl sites for hydroxylation is 2.